The van der Waals surface area contributed by atoms with Crippen molar-refractivity contribution in [3.63, 3.8) is 0 Å². The lowest BCUT2D eigenvalue weighted by Gasteiger charge is -2.38. The van der Waals surface area contributed by atoms with E-state index in [1.807, 2.05) is 25.1 Å². The van der Waals surface area contributed by atoms with Crippen LogP contribution in [-0.2, 0) is 11.2 Å². The number of hydrogen-bond acceptors (Lipinski definition) is 4. The molecule has 0 aliphatic carbocycles. The molecule has 0 saturated carbocycles. The zero-order valence-corrected chi connectivity index (χ0v) is 18.5. The molecule has 1 saturated heterocycles. The van der Waals surface area contributed by atoms with Crippen LogP contribution in [0, 0.1) is 11.6 Å². The summed E-state index contributed by atoms with van der Waals surface area (Å²) in [6.45, 7) is 10.7. The molecule has 0 radical (unpaired) electrons. The van der Waals surface area contributed by atoms with Crippen LogP contribution in [0.2, 0.25) is 0 Å². The largest absolute Gasteiger partial charge is 0.492 e. The molecule has 1 amide bonds. The van der Waals surface area contributed by atoms with E-state index >= 15 is 0 Å². The average Bonchev–Trinajstić information content (AvgIpc) is 2.76. The van der Waals surface area contributed by atoms with E-state index in [1.54, 1.807) is 0 Å². The quantitative estimate of drug-likeness (QED) is 0.670. The maximum Gasteiger partial charge on any atom is 0.224 e. The number of carbonyl (C=O) groups is 1. The highest BCUT2D eigenvalue weighted by Gasteiger charge is 2.20. The number of aryl methyl sites for hydroxylation is 1. The lowest BCUT2D eigenvalue weighted by molar-refractivity contribution is -0.116. The number of nitrogens with one attached hydrogen (secondary N) is 1. The Kier molecular flexibility index (Phi) is 7.85. The van der Waals surface area contributed by atoms with Crippen LogP contribution < -0.4 is 15.0 Å². The summed E-state index contributed by atoms with van der Waals surface area (Å²) >= 11 is 0. The van der Waals surface area contributed by atoms with Crippen LogP contribution in [0.5, 0.6) is 5.75 Å². The predicted molar refractivity (Wildman–Crippen MR) is 120 cm³/mol. The number of nitrogens with zero attached hydrogens (tertiary/aromatic N) is 2. The molecule has 2 aromatic carbocycles. The third-order valence-corrected chi connectivity index (χ3v) is 5.60. The van der Waals surface area contributed by atoms with Crippen LogP contribution >= 0.6 is 0 Å². The fourth-order valence-corrected chi connectivity index (χ4v) is 3.78. The van der Waals surface area contributed by atoms with E-state index in [-0.39, 0.29) is 24.3 Å². The first kappa shape index (κ1) is 23.0. The number of benzene rings is 2. The van der Waals surface area contributed by atoms with Crippen molar-refractivity contribution < 1.29 is 18.3 Å². The molecule has 2 aromatic rings. The highest BCUT2D eigenvalue weighted by Crippen LogP contribution is 2.31. The summed E-state index contributed by atoms with van der Waals surface area (Å²) in [4.78, 5) is 17.2. The average molecular weight is 432 g/mol. The van der Waals surface area contributed by atoms with Gasteiger partial charge in [-0.25, -0.2) is 8.78 Å². The Morgan fingerprint density at radius 1 is 1.13 bits per heavy atom. The van der Waals surface area contributed by atoms with E-state index in [1.165, 1.54) is 12.1 Å². The molecular weight excluding hydrogens is 400 g/mol. The number of amides is 1. The van der Waals surface area contributed by atoms with Crippen LogP contribution in [-0.4, -0.2) is 49.6 Å². The topological polar surface area (TPSA) is 44.8 Å². The van der Waals surface area contributed by atoms with Gasteiger partial charge in [0.05, 0.1) is 12.3 Å². The maximum atomic E-state index is 13.8. The summed E-state index contributed by atoms with van der Waals surface area (Å²) in [6.07, 6.45) is 0.169. The molecule has 0 bridgehead atoms. The number of carbonyl (C=O) groups excluding carboxylic acids is 1. The molecule has 1 N–H and O–H groups in total. The summed E-state index contributed by atoms with van der Waals surface area (Å²) < 4.78 is 32.9. The Hall–Kier alpha value is -2.67. The fraction of sp³-hybridized carbons (Fsp3) is 0.458. The maximum absolute atomic E-state index is 13.8. The van der Waals surface area contributed by atoms with Crippen molar-refractivity contribution in [2.75, 3.05) is 43.0 Å². The monoisotopic (exact) mass is 431 g/mol. The number of ether oxygens (including phenoxy) is 1. The van der Waals surface area contributed by atoms with Crippen molar-refractivity contribution in [2.24, 2.45) is 0 Å². The predicted octanol–water partition coefficient (Wildman–Crippen LogP) is 4.47. The van der Waals surface area contributed by atoms with Crippen molar-refractivity contribution in [3.8, 4) is 5.75 Å². The number of piperazine rings is 1. The van der Waals surface area contributed by atoms with Crippen molar-refractivity contribution in [1.82, 2.24) is 4.90 Å². The molecule has 0 aromatic heterocycles. The van der Waals surface area contributed by atoms with E-state index in [0.29, 0.717) is 24.1 Å². The molecule has 1 aliphatic rings. The van der Waals surface area contributed by atoms with Crippen LogP contribution in [0.25, 0.3) is 0 Å². The Labute approximate surface area is 183 Å². The summed E-state index contributed by atoms with van der Waals surface area (Å²) in [5.74, 6) is -1.46. The van der Waals surface area contributed by atoms with Gasteiger partial charge in [-0.15, -0.1) is 0 Å². The van der Waals surface area contributed by atoms with Crippen molar-refractivity contribution >= 4 is 17.3 Å². The van der Waals surface area contributed by atoms with Gasteiger partial charge in [-0.2, -0.15) is 0 Å². The van der Waals surface area contributed by atoms with Crippen LogP contribution in [0.4, 0.5) is 20.2 Å². The number of hydrogen-bond donors (Lipinski definition) is 1. The standard InChI is InChI=1S/C24H31F2N3O2/c1-4-31-22-16-19(29-14-12-28(13-15-29)17(2)3)9-10-21(22)27-23(30)11-8-18-6-5-7-20(25)24(18)26/h5-7,9-10,16-17H,4,8,11-15H2,1-3H3,(H,27,30). The molecule has 0 atom stereocenters. The summed E-state index contributed by atoms with van der Waals surface area (Å²) in [5.41, 5.74) is 1.83. The fourth-order valence-electron chi connectivity index (χ4n) is 3.78. The van der Waals surface area contributed by atoms with E-state index in [9.17, 15) is 13.6 Å². The smallest absolute Gasteiger partial charge is 0.224 e. The van der Waals surface area contributed by atoms with E-state index in [0.717, 1.165) is 37.9 Å². The zero-order chi connectivity index (χ0) is 22.4. The van der Waals surface area contributed by atoms with Gasteiger partial charge in [0.1, 0.15) is 5.75 Å². The van der Waals surface area contributed by atoms with Crippen LogP contribution in [0.3, 0.4) is 0 Å². The first-order valence-electron chi connectivity index (χ1n) is 10.9. The zero-order valence-electron chi connectivity index (χ0n) is 18.5. The van der Waals surface area contributed by atoms with Crippen LogP contribution in [0.15, 0.2) is 36.4 Å². The molecular formula is C24H31F2N3O2. The van der Waals surface area contributed by atoms with Crippen molar-refractivity contribution in [3.05, 3.63) is 53.6 Å². The molecule has 0 unspecified atom stereocenters. The minimum Gasteiger partial charge on any atom is -0.492 e. The Morgan fingerprint density at radius 2 is 1.87 bits per heavy atom. The third-order valence-electron chi connectivity index (χ3n) is 5.60. The Morgan fingerprint density at radius 3 is 2.55 bits per heavy atom. The van der Waals surface area contributed by atoms with Gasteiger partial charge in [0, 0.05) is 50.4 Å². The minimum atomic E-state index is -0.902. The van der Waals surface area contributed by atoms with Gasteiger partial charge in [-0.05, 0) is 51.0 Å². The molecule has 1 heterocycles. The van der Waals surface area contributed by atoms with E-state index < -0.39 is 11.6 Å². The molecule has 1 fully saturated rings. The van der Waals surface area contributed by atoms with Crippen molar-refractivity contribution in [2.45, 2.75) is 39.7 Å². The number of rotatable bonds is 8. The molecule has 0 spiro atoms. The second kappa shape index (κ2) is 10.6. The summed E-state index contributed by atoms with van der Waals surface area (Å²) in [6, 6.07) is 10.3. The van der Waals surface area contributed by atoms with Gasteiger partial charge in [0.25, 0.3) is 0 Å². The number of anilines is 2. The first-order valence-corrected chi connectivity index (χ1v) is 10.9. The first-order chi connectivity index (χ1) is 14.9. The summed E-state index contributed by atoms with van der Waals surface area (Å²) in [7, 11) is 0. The van der Waals surface area contributed by atoms with Gasteiger partial charge in [-0.3, -0.25) is 9.69 Å². The highest BCUT2D eigenvalue weighted by atomic mass is 19.2. The lowest BCUT2D eigenvalue weighted by Crippen LogP contribution is -2.48. The molecule has 31 heavy (non-hydrogen) atoms. The molecule has 3 rings (SSSR count). The second-order valence-electron chi connectivity index (χ2n) is 7.99. The van der Waals surface area contributed by atoms with Gasteiger partial charge in [0.2, 0.25) is 5.91 Å². The SMILES string of the molecule is CCOc1cc(N2CCN(C(C)C)CC2)ccc1NC(=O)CCc1cccc(F)c1F. The molecule has 168 valence electrons. The van der Waals surface area contributed by atoms with E-state index in [4.69, 9.17) is 4.74 Å². The van der Waals surface area contributed by atoms with Gasteiger partial charge < -0.3 is 15.0 Å². The number of halogens is 2. The third kappa shape index (κ3) is 5.94. The van der Waals surface area contributed by atoms with Gasteiger partial charge in [0.15, 0.2) is 11.6 Å². The molecule has 7 heteroatoms. The van der Waals surface area contributed by atoms with Crippen molar-refractivity contribution in [1.29, 1.82) is 0 Å². The minimum absolute atomic E-state index is 0.0465. The van der Waals surface area contributed by atoms with Crippen LogP contribution in [0.1, 0.15) is 32.8 Å². The van der Waals surface area contributed by atoms with Gasteiger partial charge in [-0.1, -0.05) is 12.1 Å². The Balaban J connectivity index is 1.64. The molecule has 5 nitrogen and oxygen atoms in total. The second-order valence-corrected chi connectivity index (χ2v) is 7.99. The lowest BCUT2D eigenvalue weighted by atomic mass is 10.1. The normalized spacial score (nSPS) is 14.7. The van der Waals surface area contributed by atoms with E-state index in [2.05, 4.69) is 29.0 Å². The Bertz CT molecular complexity index is 896. The van der Waals surface area contributed by atoms with Gasteiger partial charge >= 0.3 is 0 Å². The molecule has 1 aliphatic heterocycles. The summed E-state index contributed by atoms with van der Waals surface area (Å²) in [5, 5.41) is 2.84. The highest BCUT2D eigenvalue weighted by molar-refractivity contribution is 5.92.